The molecule has 4 nitrogen and oxygen atoms in total. The molecular formula is C12H19FN4. The van der Waals surface area contributed by atoms with Crippen molar-refractivity contribution in [1.29, 1.82) is 0 Å². The SMILES string of the molecule is Nc1cnn(C2CC2)c1N1CCCCC(F)C1. The van der Waals surface area contributed by atoms with Gasteiger partial charge in [-0.1, -0.05) is 0 Å². The lowest BCUT2D eigenvalue weighted by Crippen LogP contribution is -2.31. The molecule has 17 heavy (non-hydrogen) atoms. The van der Waals surface area contributed by atoms with Crippen LogP contribution in [0.15, 0.2) is 6.20 Å². The molecule has 1 unspecified atom stereocenters. The molecule has 1 atom stereocenters. The van der Waals surface area contributed by atoms with Crippen LogP contribution in [0.2, 0.25) is 0 Å². The molecule has 1 aliphatic carbocycles. The molecule has 0 amide bonds. The van der Waals surface area contributed by atoms with Crippen molar-refractivity contribution in [3.05, 3.63) is 6.20 Å². The summed E-state index contributed by atoms with van der Waals surface area (Å²) >= 11 is 0. The van der Waals surface area contributed by atoms with E-state index in [-0.39, 0.29) is 0 Å². The summed E-state index contributed by atoms with van der Waals surface area (Å²) in [4.78, 5) is 2.08. The summed E-state index contributed by atoms with van der Waals surface area (Å²) in [6.45, 7) is 1.35. The van der Waals surface area contributed by atoms with E-state index in [4.69, 9.17) is 5.73 Å². The molecule has 1 aliphatic heterocycles. The maximum atomic E-state index is 13.7. The van der Waals surface area contributed by atoms with Crippen LogP contribution in [0, 0.1) is 0 Å². The van der Waals surface area contributed by atoms with Gasteiger partial charge in [0.25, 0.3) is 0 Å². The third kappa shape index (κ3) is 2.10. The van der Waals surface area contributed by atoms with Crippen molar-refractivity contribution in [3.63, 3.8) is 0 Å². The number of anilines is 2. The maximum absolute atomic E-state index is 13.7. The Labute approximate surface area is 101 Å². The topological polar surface area (TPSA) is 47.1 Å². The average molecular weight is 238 g/mol. The van der Waals surface area contributed by atoms with E-state index < -0.39 is 6.17 Å². The lowest BCUT2D eigenvalue weighted by atomic mass is 10.2. The van der Waals surface area contributed by atoms with Crippen LogP contribution in [-0.2, 0) is 0 Å². The Morgan fingerprint density at radius 2 is 2.12 bits per heavy atom. The molecule has 0 aromatic carbocycles. The first-order valence-electron chi connectivity index (χ1n) is 6.47. The predicted molar refractivity (Wildman–Crippen MR) is 65.9 cm³/mol. The van der Waals surface area contributed by atoms with Gasteiger partial charge in [0.15, 0.2) is 5.82 Å². The van der Waals surface area contributed by atoms with E-state index in [0.717, 1.165) is 25.2 Å². The largest absolute Gasteiger partial charge is 0.394 e. The van der Waals surface area contributed by atoms with E-state index in [0.29, 0.717) is 24.7 Å². The minimum absolute atomic E-state index is 0.461. The van der Waals surface area contributed by atoms with Crippen molar-refractivity contribution in [1.82, 2.24) is 9.78 Å². The summed E-state index contributed by atoms with van der Waals surface area (Å²) in [6.07, 6.45) is 5.98. The van der Waals surface area contributed by atoms with Gasteiger partial charge in [0.1, 0.15) is 6.17 Å². The number of alkyl halides is 1. The van der Waals surface area contributed by atoms with Gasteiger partial charge < -0.3 is 10.6 Å². The zero-order chi connectivity index (χ0) is 11.8. The molecule has 0 bridgehead atoms. The van der Waals surface area contributed by atoms with Gasteiger partial charge in [0.2, 0.25) is 0 Å². The van der Waals surface area contributed by atoms with E-state index in [1.54, 1.807) is 6.20 Å². The molecule has 0 radical (unpaired) electrons. The fourth-order valence-corrected chi connectivity index (χ4v) is 2.57. The molecule has 5 heteroatoms. The zero-order valence-corrected chi connectivity index (χ0v) is 9.98. The number of halogens is 1. The van der Waals surface area contributed by atoms with Crippen LogP contribution in [0.5, 0.6) is 0 Å². The number of nitrogens with two attached hydrogens (primary N) is 1. The third-order valence-corrected chi connectivity index (χ3v) is 3.60. The molecule has 0 spiro atoms. The minimum atomic E-state index is -0.737. The molecule has 2 heterocycles. The van der Waals surface area contributed by atoms with Crippen molar-refractivity contribution >= 4 is 11.5 Å². The van der Waals surface area contributed by atoms with Gasteiger partial charge in [0, 0.05) is 6.54 Å². The molecule has 3 rings (SSSR count). The Morgan fingerprint density at radius 1 is 1.29 bits per heavy atom. The standard InChI is InChI=1S/C12H19FN4/c13-9-3-1-2-6-16(8-9)12-11(14)7-15-17(12)10-4-5-10/h7,9-10H,1-6,8,14H2. The number of rotatable bonds is 2. The second-order valence-corrected chi connectivity index (χ2v) is 5.14. The number of hydrogen-bond donors (Lipinski definition) is 1. The summed E-state index contributed by atoms with van der Waals surface area (Å²) in [5, 5.41) is 4.34. The lowest BCUT2D eigenvalue weighted by Gasteiger charge is -2.25. The van der Waals surface area contributed by atoms with Crippen LogP contribution < -0.4 is 10.6 Å². The highest BCUT2D eigenvalue weighted by atomic mass is 19.1. The van der Waals surface area contributed by atoms with Crippen molar-refractivity contribution in [2.45, 2.75) is 44.3 Å². The normalized spacial score (nSPS) is 25.9. The fraction of sp³-hybridized carbons (Fsp3) is 0.750. The number of nitrogen functional groups attached to an aromatic ring is 1. The molecule has 1 aromatic rings. The van der Waals surface area contributed by atoms with Crippen LogP contribution in [0.1, 0.15) is 38.1 Å². The van der Waals surface area contributed by atoms with Gasteiger partial charge in [-0.15, -0.1) is 0 Å². The Hall–Kier alpha value is -1.26. The van der Waals surface area contributed by atoms with Crippen LogP contribution in [0.4, 0.5) is 15.9 Å². The van der Waals surface area contributed by atoms with Crippen molar-refractivity contribution in [2.75, 3.05) is 23.7 Å². The van der Waals surface area contributed by atoms with Crippen molar-refractivity contribution in [3.8, 4) is 0 Å². The van der Waals surface area contributed by atoms with E-state index in [1.165, 1.54) is 12.8 Å². The Bertz CT molecular complexity index is 399. The second-order valence-electron chi connectivity index (χ2n) is 5.14. The molecular weight excluding hydrogens is 219 g/mol. The second kappa shape index (κ2) is 4.20. The van der Waals surface area contributed by atoms with Gasteiger partial charge in [-0.05, 0) is 32.1 Å². The lowest BCUT2D eigenvalue weighted by molar-refractivity contribution is 0.323. The summed E-state index contributed by atoms with van der Waals surface area (Å²) in [5.41, 5.74) is 6.67. The summed E-state index contributed by atoms with van der Waals surface area (Å²) in [7, 11) is 0. The summed E-state index contributed by atoms with van der Waals surface area (Å²) in [6, 6.07) is 0.489. The predicted octanol–water partition coefficient (Wildman–Crippen LogP) is 2.13. The molecule has 1 saturated heterocycles. The van der Waals surface area contributed by atoms with E-state index in [2.05, 4.69) is 10.00 Å². The quantitative estimate of drug-likeness (QED) is 0.858. The third-order valence-electron chi connectivity index (χ3n) is 3.60. The highest BCUT2D eigenvalue weighted by Crippen LogP contribution is 2.40. The number of hydrogen-bond acceptors (Lipinski definition) is 3. The first-order valence-corrected chi connectivity index (χ1v) is 6.47. The van der Waals surface area contributed by atoms with E-state index in [9.17, 15) is 4.39 Å². The average Bonchev–Trinajstić information content (AvgIpc) is 3.08. The van der Waals surface area contributed by atoms with E-state index in [1.807, 2.05) is 4.68 Å². The highest BCUT2D eigenvalue weighted by molar-refractivity contribution is 5.63. The van der Waals surface area contributed by atoms with Crippen LogP contribution >= 0.6 is 0 Å². The summed E-state index contributed by atoms with van der Waals surface area (Å²) < 4.78 is 15.6. The van der Waals surface area contributed by atoms with Crippen LogP contribution in [0.3, 0.4) is 0 Å². The smallest absolute Gasteiger partial charge is 0.150 e. The van der Waals surface area contributed by atoms with Crippen molar-refractivity contribution < 1.29 is 4.39 Å². The number of aromatic nitrogens is 2. The van der Waals surface area contributed by atoms with Gasteiger partial charge in [-0.25, -0.2) is 9.07 Å². The first-order chi connectivity index (χ1) is 8.25. The molecule has 94 valence electrons. The van der Waals surface area contributed by atoms with Crippen LogP contribution in [-0.4, -0.2) is 29.0 Å². The van der Waals surface area contributed by atoms with Gasteiger partial charge >= 0.3 is 0 Å². The van der Waals surface area contributed by atoms with E-state index >= 15 is 0 Å². The Kier molecular flexibility index (Phi) is 2.68. The molecule has 1 saturated carbocycles. The molecule has 2 N–H and O–H groups in total. The van der Waals surface area contributed by atoms with Crippen molar-refractivity contribution in [2.24, 2.45) is 0 Å². The monoisotopic (exact) mass is 238 g/mol. The Morgan fingerprint density at radius 3 is 2.88 bits per heavy atom. The van der Waals surface area contributed by atoms with Gasteiger partial charge in [-0.3, -0.25) is 0 Å². The minimum Gasteiger partial charge on any atom is -0.394 e. The zero-order valence-electron chi connectivity index (χ0n) is 9.98. The highest BCUT2D eigenvalue weighted by Gasteiger charge is 2.30. The fourth-order valence-electron chi connectivity index (χ4n) is 2.57. The maximum Gasteiger partial charge on any atom is 0.150 e. The van der Waals surface area contributed by atoms with Gasteiger partial charge in [0.05, 0.1) is 24.5 Å². The van der Waals surface area contributed by atoms with Crippen LogP contribution in [0.25, 0.3) is 0 Å². The Balaban J connectivity index is 1.88. The molecule has 2 aliphatic rings. The first kappa shape index (κ1) is 10.9. The van der Waals surface area contributed by atoms with Gasteiger partial charge in [-0.2, -0.15) is 5.10 Å². The summed E-state index contributed by atoms with van der Waals surface area (Å²) in [5.74, 6) is 0.942. The molecule has 1 aromatic heterocycles. The number of nitrogens with zero attached hydrogens (tertiary/aromatic N) is 3. The molecule has 2 fully saturated rings.